The third-order valence-electron chi connectivity index (χ3n) is 4.10. The lowest BCUT2D eigenvalue weighted by Crippen LogP contribution is -2.49. The van der Waals surface area contributed by atoms with Crippen LogP contribution in [0.2, 0.25) is 0 Å². The molecule has 0 aliphatic heterocycles. The largest absolute Gasteiger partial charge is 0.481 e. The number of carbonyl (C=O) groups is 2. The molecular weight excluding hydrogens is 266 g/mol. The van der Waals surface area contributed by atoms with Gasteiger partial charge in [0.1, 0.15) is 0 Å². The molecule has 2 N–H and O–H groups in total. The van der Waals surface area contributed by atoms with Crippen LogP contribution in [0.25, 0.3) is 0 Å². The van der Waals surface area contributed by atoms with Crippen LogP contribution in [0.1, 0.15) is 51.2 Å². The highest BCUT2D eigenvalue weighted by Crippen LogP contribution is 2.20. The first-order chi connectivity index (χ1) is 9.96. The molecule has 21 heavy (non-hydrogen) atoms. The maximum atomic E-state index is 12.3. The van der Waals surface area contributed by atoms with Crippen molar-refractivity contribution in [1.82, 2.24) is 5.32 Å². The molecule has 0 aliphatic rings. The van der Waals surface area contributed by atoms with E-state index in [-0.39, 0.29) is 12.3 Å². The smallest absolute Gasteiger partial charge is 0.305 e. The summed E-state index contributed by atoms with van der Waals surface area (Å²) < 4.78 is 0. The van der Waals surface area contributed by atoms with E-state index in [2.05, 4.69) is 12.2 Å². The molecule has 0 saturated heterocycles. The Labute approximate surface area is 126 Å². The minimum absolute atomic E-state index is 0.0405. The van der Waals surface area contributed by atoms with Crippen molar-refractivity contribution < 1.29 is 14.7 Å². The molecule has 0 heterocycles. The average Bonchev–Trinajstić information content (AvgIpc) is 2.46. The number of hydrogen-bond donors (Lipinski definition) is 2. The van der Waals surface area contributed by atoms with Crippen LogP contribution in [-0.2, 0) is 22.4 Å². The van der Waals surface area contributed by atoms with E-state index >= 15 is 0 Å². The van der Waals surface area contributed by atoms with E-state index in [0.717, 1.165) is 17.5 Å². The van der Waals surface area contributed by atoms with Crippen molar-refractivity contribution in [3.05, 3.63) is 35.4 Å². The summed E-state index contributed by atoms with van der Waals surface area (Å²) in [5, 5.41) is 12.0. The third kappa shape index (κ3) is 4.88. The molecule has 1 aromatic carbocycles. The van der Waals surface area contributed by atoms with E-state index < -0.39 is 11.5 Å². The second kappa shape index (κ2) is 7.81. The van der Waals surface area contributed by atoms with E-state index in [1.165, 1.54) is 0 Å². The fourth-order valence-corrected chi connectivity index (χ4v) is 2.60. The van der Waals surface area contributed by atoms with Gasteiger partial charge in [0.2, 0.25) is 5.91 Å². The van der Waals surface area contributed by atoms with E-state index in [1.807, 2.05) is 38.1 Å². The number of benzene rings is 1. The lowest BCUT2D eigenvalue weighted by Gasteiger charge is -2.31. The van der Waals surface area contributed by atoms with E-state index in [0.29, 0.717) is 19.3 Å². The van der Waals surface area contributed by atoms with Crippen molar-refractivity contribution in [2.75, 3.05) is 0 Å². The Bertz CT molecular complexity index is 493. The number of hydrogen-bond acceptors (Lipinski definition) is 2. The summed E-state index contributed by atoms with van der Waals surface area (Å²) >= 11 is 0. The van der Waals surface area contributed by atoms with Crippen molar-refractivity contribution in [2.45, 2.75) is 58.4 Å². The maximum absolute atomic E-state index is 12.3. The predicted molar refractivity (Wildman–Crippen MR) is 83.2 cm³/mol. The molecule has 0 aliphatic carbocycles. The highest BCUT2D eigenvalue weighted by molar-refractivity contribution is 5.80. The van der Waals surface area contributed by atoms with Gasteiger partial charge in [-0.2, -0.15) is 0 Å². The van der Waals surface area contributed by atoms with Gasteiger partial charge >= 0.3 is 5.97 Å². The van der Waals surface area contributed by atoms with E-state index in [4.69, 9.17) is 5.11 Å². The van der Waals surface area contributed by atoms with Crippen LogP contribution in [0.5, 0.6) is 0 Å². The molecule has 0 atom stereocenters. The van der Waals surface area contributed by atoms with Gasteiger partial charge in [-0.3, -0.25) is 9.59 Å². The van der Waals surface area contributed by atoms with Gasteiger partial charge in [0.15, 0.2) is 0 Å². The Kier molecular flexibility index (Phi) is 6.40. The SMILES string of the molecule is CCc1ccccc1CC(=O)NC(CC)(CC)CC(=O)O. The monoisotopic (exact) mass is 291 g/mol. The number of amides is 1. The van der Waals surface area contributed by atoms with Gasteiger partial charge in [-0.25, -0.2) is 0 Å². The molecule has 0 spiro atoms. The summed E-state index contributed by atoms with van der Waals surface area (Å²) in [6.07, 6.45) is 2.35. The molecule has 4 heteroatoms. The number of aryl methyl sites for hydroxylation is 1. The zero-order chi connectivity index (χ0) is 15.9. The van der Waals surface area contributed by atoms with Crippen molar-refractivity contribution in [3.8, 4) is 0 Å². The van der Waals surface area contributed by atoms with Crippen molar-refractivity contribution in [2.24, 2.45) is 0 Å². The van der Waals surface area contributed by atoms with Crippen molar-refractivity contribution in [3.63, 3.8) is 0 Å². The quantitative estimate of drug-likeness (QED) is 0.774. The Balaban J connectivity index is 2.81. The molecule has 0 radical (unpaired) electrons. The lowest BCUT2D eigenvalue weighted by atomic mass is 9.88. The Hall–Kier alpha value is -1.84. The van der Waals surface area contributed by atoms with Crippen LogP contribution >= 0.6 is 0 Å². The van der Waals surface area contributed by atoms with E-state index in [1.54, 1.807) is 0 Å². The van der Waals surface area contributed by atoms with Crippen LogP contribution < -0.4 is 5.32 Å². The second-order valence-electron chi connectivity index (χ2n) is 5.41. The first-order valence-electron chi connectivity index (χ1n) is 7.56. The normalized spacial score (nSPS) is 11.2. The predicted octanol–water partition coefficient (Wildman–Crippen LogP) is 2.94. The minimum Gasteiger partial charge on any atom is -0.481 e. The van der Waals surface area contributed by atoms with E-state index in [9.17, 15) is 9.59 Å². The Morgan fingerprint density at radius 1 is 1.10 bits per heavy atom. The first-order valence-corrected chi connectivity index (χ1v) is 7.56. The minimum atomic E-state index is -0.882. The molecular formula is C17H25NO3. The molecule has 1 aromatic rings. The molecule has 1 rings (SSSR count). The number of carboxylic acid groups (broad SMARTS) is 1. The number of carboxylic acids is 1. The van der Waals surface area contributed by atoms with Gasteiger partial charge in [-0.05, 0) is 30.4 Å². The van der Waals surface area contributed by atoms with Gasteiger partial charge in [-0.15, -0.1) is 0 Å². The molecule has 1 amide bonds. The zero-order valence-electron chi connectivity index (χ0n) is 13.1. The van der Waals surface area contributed by atoms with Gasteiger partial charge in [0, 0.05) is 5.54 Å². The van der Waals surface area contributed by atoms with Gasteiger partial charge in [0.05, 0.1) is 12.8 Å². The number of rotatable bonds is 8. The van der Waals surface area contributed by atoms with Crippen LogP contribution in [0.4, 0.5) is 0 Å². The molecule has 0 aromatic heterocycles. The number of nitrogens with one attached hydrogen (secondary N) is 1. The summed E-state index contributed by atoms with van der Waals surface area (Å²) in [6, 6.07) is 7.86. The average molecular weight is 291 g/mol. The van der Waals surface area contributed by atoms with Gasteiger partial charge in [0.25, 0.3) is 0 Å². The lowest BCUT2D eigenvalue weighted by molar-refractivity contribution is -0.139. The zero-order valence-corrected chi connectivity index (χ0v) is 13.1. The van der Waals surface area contributed by atoms with Gasteiger partial charge in [-0.1, -0.05) is 45.0 Å². The summed E-state index contributed by atoms with van der Waals surface area (Å²) in [6.45, 7) is 5.88. The van der Waals surface area contributed by atoms with Crippen LogP contribution in [0.3, 0.4) is 0 Å². The third-order valence-corrected chi connectivity index (χ3v) is 4.10. The van der Waals surface area contributed by atoms with Crippen LogP contribution in [0, 0.1) is 0 Å². The fraction of sp³-hybridized carbons (Fsp3) is 0.529. The second-order valence-corrected chi connectivity index (χ2v) is 5.41. The molecule has 0 unspecified atom stereocenters. The first kappa shape index (κ1) is 17.2. The molecule has 4 nitrogen and oxygen atoms in total. The topological polar surface area (TPSA) is 66.4 Å². The Morgan fingerprint density at radius 2 is 1.67 bits per heavy atom. The standard InChI is InChI=1S/C17H25NO3/c1-4-13-9-7-8-10-14(13)11-15(19)18-17(5-2,6-3)12-16(20)21/h7-10H,4-6,11-12H2,1-3H3,(H,18,19)(H,20,21). The highest BCUT2D eigenvalue weighted by Gasteiger charge is 2.30. The highest BCUT2D eigenvalue weighted by atomic mass is 16.4. The Morgan fingerprint density at radius 3 is 2.14 bits per heavy atom. The maximum Gasteiger partial charge on any atom is 0.305 e. The summed E-state index contributed by atoms with van der Waals surface area (Å²) in [5.41, 5.74) is 1.52. The summed E-state index contributed by atoms with van der Waals surface area (Å²) in [7, 11) is 0. The number of aliphatic carboxylic acids is 1. The number of carbonyl (C=O) groups excluding carboxylic acids is 1. The van der Waals surface area contributed by atoms with Gasteiger partial charge < -0.3 is 10.4 Å². The fourth-order valence-electron chi connectivity index (χ4n) is 2.60. The van der Waals surface area contributed by atoms with Crippen LogP contribution in [0.15, 0.2) is 24.3 Å². The molecule has 116 valence electrons. The van der Waals surface area contributed by atoms with Crippen molar-refractivity contribution >= 4 is 11.9 Å². The summed E-state index contributed by atoms with van der Waals surface area (Å²) in [4.78, 5) is 23.3. The molecule has 0 fully saturated rings. The van der Waals surface area contributed by atoms with Crippen molar-refractivity contribution in [1.29, 1.82) is 0 Å². The molecule has 0 bridgehead atoms. The van der Waals surface area contributed by atoms with Crippen LogP contribution in [-0.4, -0.2) is 22.5 Å². The summed E-state index contributed by atoms with van der Waals surface area (Å²) in [5.74, 6) is -0.992. The molecule has 0 saturated carbocycles.